The molecule has 0 saturated carbocycles. The number of aliphatic hydroxyl groups excluding tert-OH is 4. The summed E-state index contributed by atoms with van der Waals surface area (Å²) in [4.78, 5) is 64.5. The first-order chi connectivity index (χ1) is 34.0. The summed E-state index contributed by atoms with van der Waals surface area (Å²) in [6.07, 6.45) is -6.25. The van der Waals surface area contributed by atoms with Gasteiger partial charge < -0.3 is 70.2 Å². The SMILES string of the molecule is CO.COc1nc(N)c2ncn(C3O[C@H](CO)[C@@H](O)[C@H]3O)c2n1.COc1nc(N)c2ncn(C3O[C@H](COC(=O)c4ccccc4)[C@@H](OC(=O)c4ccccc4)[C@H]3OC(=O)c3ccccc3)c2n1.C[O-].[Na+]. The molecule has 0 radical (unpaired) electrons. The van der Waals surface area contributed by atoms with Crippen LogP contribution in [0.2, 0.25) is 0 Å². The Hall–Kier alpha value is -6.91. The number of hydrogen-bond donors (Lipinski definition) is 6. The van der Waals surface area contributed by atoms with E-state index in [9.17, 15) is 24.6 Å². The summed E-state index contributed by atoms with van der Waals surface area (Å²) < 4.78 is 42.4. The fourth-order valence-corrected chi connectivity index (χ4v) is 7.18. The number of carbonyl (C=O) groups excluding carboxylic acids is 3. The average molecular weight is 993 g/mol. The molecule has 2 saturated heterocycles. The van der Waals surface area contributed by atoms with Gasteiger partial charge in [-0.3, -0.25) is 9.13 Å². The van der Waals surface area contributed by atoms with Gasteiger partial charge in [-0.15, -0.1) is 0 Å². The maximum atomic E-state index is 13.4. The van der Waals surface area contributed by atoms with E-state index in [2.05, 4.69) is 29.9 Å². The van der Waals surface area contributed by atoms with Gasteiger partial charge in [-0.2, -0.15) is 27.0 Å². The van der Waals surface area contributed by atoms with Crippen molar-refractivity contribution < 1.29 is 103 Å². The molecule has 2 fully saturated rings. The van der Waals surface area contributed by atoms with Crippen LogP contribution in [-0.4, -0.2) is 156 Å². The largest absolute Gasteiger partial charge is 1.00 e. The van der Waals surface area contributed by atoms with Crippen LogP contribution < -0.4 is 55.6 Å². The molecule has 6 heterocycles. The van der Waals surface area contributed by atoms with Gasteiger partial charge in [-0.05, 0) is 36.4 Å². The molecule has 71 heavy (non-hydrogen) atoms. The fourth-order valence-electron chi connectivity index (χ4n) is 7.18. The summed E-state index contributed by atoms with van der Waals surface area (Å²) in [7, 11) is 4.53. The molecular weight excluding hydrogens is 944 g/mol. The van der Waals surface area contributed by atoms with Crippen molar-refractivity contribution in [2.75, 3.05) is 53.1 Å². The van der Waals surface area contributed by atoms with E-state index in [1.807, 2.05) is 0 Å². The van der Waals surface area contributed by atoms with E-state index in [4.69, 9.17) is 59.9 Å². The first kappa shape index (κ1) is 55.0. The van der Waals surface area contributed by atoms with E-state index in [1.54, 1.807) is 91.0 Å². The number of methoxy groups -OCH3 is 2. The standard InChI is InChI=1S/C32H27N5O8.C11H15N5O5.CH4O.CH3O.Na/c1-41-32-35-26(33)23-27(36-32)37(18-34-23)28-25(45-31(40)21-15-9-4-10-16-21)24(44-30(39)20-13-7-3-8-14-20)22(43-28)17-42-29(38)19-11-5-2-6-12-19;1-20-11-14-8(12)5-9(15-11)16(3-13-5)10-7(19)6(18)4(2-17)21-10;2*1-2;/h2-16,18,22,24-25,28H,17H2,1H3,(H2,33,35,36);3-4,6-7,10,17-19H,2H2,1H3,(H2,12,14,15);2H,1H3;1H3;/q;;;-1;+1/t22-,24-,25-,28?;4-,6-,7-,10?;;;/m11.../s1. The van der Waals surface area contributed by atoms with Gasteiger partial charge in [-0.1, -0.05) is 54.6 Å². The predicted molar refractivity (Wildman–Crippen MR) is 242 cm³/mol. The van der Waals surface area contributed by atoms with Crippen molar-refractivity contribution in [2.45, 2.75) is 49.1 Å². The number of fused-ring (bicyclic) bond motifs is 2. The Balaban J connectivity index is 0.000000302. The molecule has 7 aromatic rings. The van der Waals surface area contributed by atoms with Crippen molar-refractivity contribution in [1.29, 1.82) is 0 Å². The molecule has 0 bridgehead atoms. The van der Waals surface area contributed by atoms with Gasteiger partial charge in [0, 0.05) is 7.11 Å². The summed E-state index contributed by atoms with van der Waals surface area (Å²) in [5.41, 5.74) is 13.8. The molecular formula is C45H49N10NaO15. The van der Waals surface area contributed by atoms with E-state index in [-0.39, 0.29) is 82.1 Å². The second kappa shape index (κ2) is 25.8. The molecule has 0 aliphatic carbocycles. The number of rotatable bonds is 12. The molecule has 370 valence electrons. The zero-order valence-electron chi connectivity index (χ0n) is 38.9. The van der Waals surface area contributed by atoms with Gasteiger partial charge >= 0.3 is 59.5 Å². The van der Waals surface area contributed by atoms with Crippen molar-refractivity contribution in [1.82, 2.24) is 39.0 Å². The summed E-state index contributed by atoms with van der Waals surface area (Å²) in [5, 5.41) is 44.2. The summed E-state index contributed by atoms with van der Waals surface area (Å²) in [6, 6.07) is 25.0. The van der Waals surface area contributed by atoms with Gasteiger partial charge in [0.1, 0.15) is 31.0 Å². The van der Waals surface area contributed by atoms with E-state index < -0.39 is 73.6 Å². The van der Waals surface area contributed by atoms with Crippen molar-refractivity contribution in [3.63, 3.8) is 0 Å². The molecule has 8 atom stereocenters. The summed E-state index contributed by atoms with van der Waals surface area (Å²) >= 11 is 0. The minimum atomic E-state index is -1.26. The number of nitrogens with two attached hydrogens (primary N) is 2. The molecule has 26 heteroatoms. The third kappa shape index (κ3) is 12.3. The predicted octanol–water partition coefficient (Wildman–Crippen LogP) is -2.76. The first-order valence-electron chi connectivity index (χ1n) is 20.9. The molecule has 0 amide bonds. The summed E-state index contributed by atoms with van der Waals surface area (Å²) in [6.45, 7) is -0.759. The summed E-state index contributed by atoms with van der Waals surface area (Å²) in [5.74, 6) is -1.84. The van der Waals surface area contributed by atoms with Crippen molar-refractivity contribution >= 4 is 51.9 Å². The van der Waals surface area contributed by atoms with Crippen LogP contribution in [0.15, 0.2) is 104 Å². The smallest absolute Gasteiger partial charge is 0.857 e. The maximum Gasteiger partial charge on any atom is 1.00 e. The minimum Gasteiger partial charge on any atom is -0.857 e. The Bertz CT molecular complexity index is 2830. The van der Waals surface area contributed by atoms with E-state index in [0.717, 1.165) is 14.2 Å². The van der Waals surface area contributed by atoms with Crippen molar-refractivity contribution in [3.8, 4) is 12.0 Å². The Morgan fingerprint density at radius 2 is 1.03 bits per heavy atom. The van der Waals surface area contributed by atoms with Crippen LogP contribution in [0, 0.1) is 0 Å². The molecule has 2 unspecified atom stereocenters. The van der Waals surface area contributed by atoms with E-state index in [0.29, 0.717) is 16.7 Å². The third-order valence-corrected chi connectivity index (χ3v) is 10.5. The van der Waals surface area contributed by atoms with Crippen LogP contribution in [0.3, 0.4) is 0 Å². The first-order valence-corrected chi connectivity index (χ1v) is 20.9. The number of imidazole rings is 2. The number of hydrogen-bond acceptors (Lipinski definition) is 23. The molecule has 2 aliphatic heterocycles. The molecule has 4 aromatic heterocycles. The van der Waals surface area contributed by atoms with Crippen molar-refractivity contribution in [3.05, 3.63) is 120 Å². The van der Waals surface area contributed by atoms with Gasteiger partial charge in [-0.25, -0.2) is 24.4 Å². The zero-order valence-corrected chi connectivity index (χ0v) is 40.9. The fraction of sp³-hybridized carbons (Fsp3) is 0.311. The Kier molecular flexibility index (Phi) is 20.0. The molecule has 8 N–H and O–H groups in total. The van der Waals surface area contributed by atoms with Crippen LogP contribution in [0.1, 0.15) is 43.5 Å². The number of ether oxygens (including phenoxy) is 7. The number of benzene rings is 3. The maximum absolute atomic E-state index is 13.4. The van der Waals surface area contributed by atoms with Gasteiger partial charge in [0.2, 0.25) is 0 Å². The van der Waals surface area contributed by atoms with Crippen LogP contribution in [0.5, 0.6) is 12.0 Å². The number of nitrogens with zero attached hydrogens (tertiary/aromatic N) is 8. The second-order valence-corrected chi connectivity index (χ2v) is 14.6. The quantitative estimate of drug-likeness (QED) is 0.0410. The average Bonchev–Trinajstić information content (AvgIpc) is 4.18. The molecule has 25 nitrogen and oxygen atoms in total. The van der Waals surface area contributed by atoms with Crippen LogP contribution >= 0.6 is 0 Å². The number of esters is 3. The Morgan fingerprint density at radius 1 is 0.620 bits per heavy atom. The zero-order chi connectivity index (χ0) is 50.5. The number of carbonyl (C=O) groups is 3. The normalized spacial score (nSPS) is 20.9. The number of anilines is 2. The third-order valence-electron chi connectivity index (χ3n) is 10.5. The molecule has 9 rings (SSSR count). The topological polar surface area (TPSA) is 359 Å². The number of aliphatic hydroxyl groups is 4. The van der Waals surface area contributed by atoms with E-state index >= 15 is 0 Å². The Labute approximate surface area is 426 Å². The second-order valence-electron chi connectivity index (χ2n) is 14.6. The monoisotopic (exact) mass is 992 g/mol. The molecule has 0 spiro atoms. The minimum absolute atomic E-state index is 0. The van der Waals surface area contributed by atoms with Gasteiger partial charge in [0.05, 0.1) is 50.2 Å². The molecule has 3 aromatic carbocycles. The Morgan fingerprint density at radius 3 is 1.45 bits per heavy atom. The number of aromatic nitrogens is 8. The van der Waals surface area contributed by atoms with Crippen molar-refractivity contribution in [2.24, 2.45) is 0 Å². The van der Waals surface area contributed by atoms with Gasteiger partial charge in [0.15, 0.2) is 58.6 Å². The van der Waals surface area contributed by atoms with Gasteiger partial charge in [0.25, 0.3) is 0 Å². The number of nitrogen functional groups attached to an aromatic ring is 2. The van der Waals surface area contributed by atoms with Crippen LogP contribution in [0.4, 0.5) is 11.6 Å². The molecule has 2 aliphatic rings. The van der Waals surface area contributed by atoms with E-state index in [1.165, 1.54) is 36.0 Å². The van der Waals surface area contributed by atoms with Crippen LogP contribution in [-0.2, 0) is 23.7 Å². The van der Waals surface area contributed by atoms with Crippen LogP contribution in [0.25, 0.3) is 22.3 Å².